The summed E-state index contributed by atoms with van der Waals surface area (Å²) in [6.07, 6.45) is -4.85. The lowest BCUT2D eigenvalue weighted by molar-refractivity contribution is -0.137. The minimum Gasteiger partial charge on any atom is -0.309 e. The van der Waals surface area contributed by atoms with E-state index in [0.29, 0.717) is 33.2 Å². The molecule has 0 bridgehead atoms. The van der Waals surface area contributed by atoms with Gasteiger partial charge in [0.05, 0.1) is 56.7 Å². The summed E-state index contributed by atoms with van der Waals surface area (Å²) in [6, 6.07) is 48.0. The molecule has 0 aliphatic heterocycles. The van der Waals surface area contributed by atoms with Crippen LogP contribution in [0, 0.1) is 64.2 Å². The number of benzene rings is 8. The number of nitrogens with zero attached hydrogens (tertiary/aromatic N) is 4. The van der Waals surface area contributed by atoms with Crippen LogP contribution in [0.4, 0.5) is 13.2 Å². The number of para-hydroxylation sites is 2. The molecule has 0 atom stereocenters. The molecule has 10 aromatic rings. The van der Waals surface area contributed by atoms with Crippen molar-refractivity contribution in [3.8, 4) is 56.9 Å². The summed E-state index contributed by atoms with van der Waals surface area (Å²) in [4.78, 5) is 0. The van der Waals surface area contributed by atoms with Crippen molar-refractivity contribution in [2.75, 3.05) is 0 Å². The van der Waals surface area contributed by atoms with E-state index in [1.165, 1.54) is 6.07 Å². The Hall–Kier alpha value is -7.87. The first-order valence-electron chi connectivity index (χ1n) is 21.2. The van der Waals surface area contributed by atoms with Gasteiger partial charge >= 0.3 is 6.18 Å². The largest absolute Gasteiger partial charge is 0.420 e. The molecule has 0 radical (unpaired) electrons. The summed E-state index contributed by atoms with van der Waals surface area (Å²) in [5.41, 5.74) is 13.8. The van der Waals surface area contributed by atoms with Gasteiger partial charge in [0.1, 0.15) is 5.56 Å². The quantitative estimate of drug-likeness (QED) is 0.173. The zero-order valence-electron chi connectivity index (χ0n) is 36.2. The number of rotatable bonds is 5. The van der Waals surface area contributed by atoms with Gasteiger partial charge in [0.2, 0.25) is 0 Å². The average molecular weight is 839 g/mol. The average Bonchev–Trinajstić information content (AvgIpc) is 3.77. The summed E-state index contributed by atoms with van der Waals surface area (Å²) in [7, 11) is 0. The molecule has 0 aliphatic carbocycles. The van der Waals surface area contributed by atoms with Gasteiger partial charge in [-0.25, -0.2) is 0 Å². The lowest BCUT2D eigenvalue weighted by Crippen LogP contribution is -2.16. The Balaban J connectivity index is 1.34. The van der Waals surface area contributed by atoms with Crippen molar-refractivity contribution in [2.24, 2.45) is 0 Å². The normalized spacial score (nSPS) is 11.8. The molecule has 4 nitrogen and oxygen atoms in total. The molecule has 0 spiro atoms. The second-order valence-electron chi connectivity index (χ2n) is 17.1. The maximum absolute atomic E-state index is 16.6. The number of alkyl halides is 3. The first-order valence-corrected chi connectivity index (χ1v) is 21.2. The number of aryl methyl sites for hydroxylation is 6. The topological polar surface area (TPSA) is 57.4 Å². The van der Waals surface area contributed by atoms with Crippen LogP contribution in [0.3, 0.4) is 0 Å². The molecule has 64 heavy (non-hydrogen) atoms. The fourth-order valence-corrected chi connectivity index (χ4v) is 10.4. The molecule has 0 amide bonds. The highest BCUT2D eigenvalue weighted by Crippen LogP contribution is 2.47. The van der Waals surface area contributed by atoms with Gasteiger partial charge in [-0.2, -0.15) is 23.7 Å². The Morgan fingerprint density at radius 1 is 0.406 bits per heavy atom. The molecule has 310 valence electrons. The van der Waals surface area contributed by atoms with Crippen molar-refractivity contribution in [3.63, 3.8) is 0 Å². The zero-order chi connectivity index (χ0) is 44.8. The third-order valence-electron chi connectivity index (χ3n) is 12.7. The summed E-state index contributed by atoms with van der Waals surface area (Å²) in [6.45, 7) is 12.5. The molecule has 8 aromatic carbocycles. The predicted octanol–water partition coefficient (Wildman–Crippen LogP) is 15.5. The van der Waals surface area contributed by atoms with Crippen LogP contribution in [-0.2, 0) is 6.18 Å². The molecule has 0 unspecified atom stereocenters. The number of halogens is 3. The molecule has 0 N–H and O–H groups in total. The number of aromatic nitrogens is 2. The molecule has 2 aromatic heterocycles. The Kier molecular flexibility index (Phi) is 9.36. The van der Waals surface area contributed by atoms with E-state index in [0.717, 1.165) is 77.2 Å². The summed E-state index contributed by atoms with van der Waals surface area (Å²) >= 11 is 0. The van der Waals surface area contributed by atoms with Crippen molar-refractivity contribution in [2.45, 2.75) is 47.7 Å². The molecule has 2 heterocycles. The number of nitriles is 2. The SMILES string of the molecule is Cc1cc(C)c(-c2ccc3c(c2)c2ccccc2n3-c2cc(-c3cc(C#N)cc(C#N)c3)cc(-n3c4ccccc4c4cc(-c5c(C)cc(C)cc5C)ccc43)c2C(F)(F)F)c(C)c1. The van der Waals surface area contributed by atoms with E-state index in [2.05, 4.69) is 90.1 Å². The van der Waals surface area contributed by atoms with Crippen molar-refractivity contribution in [1.82, 2.24) is 9.13 Å². The van der Waals surface area contributed by atoms with Crippen molar-refractivity contribution >= 4 is 43.6 Å². The van der Waals surface area contributed by atoms with E-state index in [1.807, 2.05) is 72.8 Å². The molecular formula is C57H41F3N4. The summed E-state index contributed by atoms with van der Waals surface area (Å²) < 4.78 is 53.2. The number of hydrogen-bond acceptors (Lipinski definition) is 2. The Morgan fingerprint density at radius 3 is 1.17 bits per heavy atom. The van der Waals surface area contributed by atoms with Crippen LogP contribution in [0.15, 0.2) is 140 Å². The monoisotopic (exact) mass is 838 g/mol. The van der Waals surface area contributed by atoms with Gasteiger partial charge in [-0.1, -0.05) is 83.9 Å². The van der Waals surface area contributed by atoms with Crippen molar-refractivity contribution in [1.29, 1.82) is 10.5 Å². The zero-order valence-corrected chi connectivity index (χ0v) is 36.2. The van der Waals surface area contributed by atoms with Gasteiger partial charge in [-0.15, -0.1) is 0 Å². The van der Waals surface area contributed by atoms with Crippen LogP contribution in [0.5, 0.6) is 0 Å². The van der Waals surface area contributed by atoms with E-state index in [-0.39, 0.29) is 22.5 Å². The Bertz CT molecular complexity index is 3420. The van der Waals surface area contributed by atoms with Gasteiger partial charge in [0.15, 0.2) is 0 Å². The van der Waals surface area contributed by atoms with E-state index in [4.69, 9.17) is 0 Å². The van der Waals surface area contributed by atoms with Gasteiger partial charge < -0.3 is 9.13 Å². The third-order valence-corrected chi connectivity index (χ3v) is 12.7. The van der Waals surface area contributed by atoms with Crippen molar-refractivity contribution < 1.29 is 13.2 Å². The van der Waals surface area contributed by atoms with E-state index in [9.17, 15) is 10.5 Å². The molecule has 7 heteroatoms. The third kappa shape index (κ3) is 6.43. The molecular weight excluding hydrogens is 798 g/mol. The van der Waals surface area contributed by atoms with Crippen LogP contribution in [0.25, 0.3) is 88.4 Å². The van der Waals surface area contributed by atoms with Crippen LogP contribution in [-0.4, -0.2) is 9.13 Å². The lowest BCUT2D eigenvalue weighted by Gasteiger charge is -2.23. The van der Waals surface area contributed by atoms with Gasteiger partial charge in [-0.3, -0.25) is 0 Å². The number of hydrogen-bond donors (Lipinski definition) is 0. The number of fused-ring (bicyclic) bond motifs is 6. The molecule has 0 saturated carbocycles. The van der Waals surface area contributed by atoms with Crippen LogP contribution in [0.2, 0.25) is 0 Å². The van der Waals surface area contributed by atoms with E-state index in [1.54, 1.807) is 33.4 Å². The highest BCUT2D eigenvalue weighted by Gasteiger charge is 2.39. The highest BCUT2D eigenvalue weighted by atomic mass is 19.4. The van der Waals surface area contributed by atoms with E-state index >= 15 is 13.2 Å². The first kappa shape index (κ1) is 40.2. The fraction of sp³-hybridized carbons (Fsp3) is 0.123. The van der Waals surface area contributed by atoms with Crippen LogP contribution >= 0.6 is 0 Å². The molecule has 0 aliphatic rings. The summed E-state index contributed by atoms with van der Waals surface area (Å²) in [5, 5.41) is 23.4. The minimum atomic E-state index is -4.85. The second-order valence-corrected chi connectivity index (χ2v) is 17.1. The predicted molar refractivity (Wildman–Crippen MR) is 254 cm³/mol. The molecule has 10 rings (SSSR count). The Morgan fingerprint density at radius 2 is 0.781 bits per heavy atom. The molecule has 0 fully saturated rings. The van der Waals surface area contributed by atoms with Gasteiger partial charge in [-0.05, 0) is 164 Å². The van der Waals surface area contributed by atoms with Crippen molar-refractivity contribution in [3.05, 3.63) is 190 Å². The minimum absolute atomic E-state index is 0.0732. The Labute approximate surface area is 369 Å². The van der Waals surface area contributed by atoms with E-state index < -0.39 is 11.7 Å². The standard InChI is InChI=1S/C57H41F3N4/c1-32-19-34(3)54(35(4)20-32)40-15-17-50-46(26-40)44-11-7-9-13-48(44)63(50)52-28-43(42-24-38(30-61)23-39(25-42)31-62)29-53(56(52)57(58,59)60)64-49-14-10-8-12-45(49)47-27-41(16-18-51(47)64)55-36(5)21-33(2)22-37(55)6/h7-29H,1-6H3. The van der Waals surface area contributed by atoms with Gasteiger partial charge in [0.25, 0.3) is 0 Å². The van der Waals surface area contributed by atoms with Gasteiger partial charge in [0, 0.05) is 21.5 Å². The van der Waals surface area contributed by atoms with Crippen LogP contribution in [0.1, 0.15) is 50.1 Å². The molecule has 0 saturated heterocycles. The maximum atomic E-state index is 16.6. The second kappa shape index (κ2) is 14.9. The lowest BCUT2D eigenvalue weighted by atomic mass is 9.93. The summed E-state index contributed by atoms with van der Waals surface area (Å²) in [5.74, 6) is 0. The smallest absolute Gasteiger partial charge is 0.309 e. The highest BCUT2D eigenvalue weighted by molar-refractivity contribution is 6.12. The maximum Gasteiger partial charge on any atom is 0.420 e. The fourth-order valence-electron chi connectivity index (χ4n) is 10.4. The first-order chi connectivity index (χ1) is 30.7. The van der Waals surface area contributed by atoms with Crippen LogP contribution < -0.4 is 0 Å².